The van der Waals surface area contributed by atoms with Gasteiger partial charge in [-0.05, 0) is 18.6 Å². The van der Waals surface area contributed by atoms with Gasteiger partial charge in [0.05, 0.1) is 0 Å². The molecule has 2 nitrogen and oxygen atoms in total. The molecular weight excluding hydrogens is 214 g/mol. The van der Waals surface area contributed by atoms with Crippen LogP contribution in [-0.2, 0) is 0 Å². The van der Waals surface area contributed by atoms with Gasteiger partial charge in [-0.3, -0.25) is 4.79 Å². The van der Waals surface area contributed by atoms with Gasteiger partial charge in [0.2, 0.25) is 0 Å². The zero-order chi connectivity index (χ0) is 12.0. The van der Waals surface area contributed by atoms with Gasteiger partial charge < -0.3 is 5.32 Å². The van der Waals surface area contributed by atoms with E-state index < -0.39 is 8.07 Å². The van der Waals surface area contributed by atoms with E-state index in [9.17, 15) is 4.79 Å². The van der Waals surface area contributed by atoms with Crippen LogP contribution in [0.15, 0.2) is 30.3 Å². The van der Waals surface area contributed by atoms with Crippen molar-refractivity contribution in [3.05, 3.63) is 35.9 Å². The largest absolute Gasteiger partial charge is 0.352 e. The molecule has 0 fully saturated rings. The van der Waals surface area contributed by atoms with Crippen LogP contribution in [0.2, 0.25) is 25.7 Å². The van der Waals surface area contributed by atoms with Crippen LogP contribution in [0, 0.1) is 0 Å². The van der Waals surface area contributed by atoms with Gasteiger partial charge in [0, 0.05) is 20.2 Å². The van der Waals surface area contributed by atoms with Crippen molar-refractivity contribution >= 4 is 14.0 Å². The van der Waals surface area contributed by atoms with Crippen molar-refractivity contribution < 1.29 is 4.79 Å². The molecule has 0 saturated carbocycles. The summed E-state index contributed by atoms with van der Waals surface area (Å²) in [5, 5.41) is 2.95. The molecule has 1 amide bonds. The molecule has 1 aromatic rings. The van der Waals surface area contributed by atoms with Crippen LogP contribution in [0.25, 0.3) is 0 Å². The normalized spacial score (nSPS) is 11.2. The second-order valence-electron chi connectivity index (χ2n) is 5.29. The zero-order valence-corrected chi connectivity index (χ0v) is 11.4. The molecule has 0 unspecified atom stereocenters. The summed E-state index contributed by atoms with van der Waals surface area (Å²) in [6.45, 7) is 7.85. The van der Waals surface area contributed by atoms with Gasteiger partial charge in [0.15, 0.2) is 0 Å². The smallest absolute Gasteiger partial charge is 0.251 e. The molecule has 0 spiro atoms. The van der Waals surface area contributed by atoms with Gasteiger partial charge in [0.25, 0.3) is 5.91 Å². The topological polar surface area (TPSA) is 29.1 Å². The highest BCUT2D eigenvalue weighted by Crippen LogP contribution is 2.10. The summed E-state index contributed by atoms with van der Waals surface area (Å²) < 4.78 is 0. The zero-order valence-electron chi connectivity index (χ0n) is 10.4. The van der Waals surface area contributed by atoms with Crippen LogP contribution in [0.4, 0.5) is 0 Å². The van der Waals surface area contributed by atoms with Crippen molar-refractivity contribution in [3.63, 3.8) is 0 Å². The Kier molecular flexibility index (Phi) is 4.74. The lowest BCUT2D eigenvalue weighted by atomic mass is 10.2. The second-order valence-corrected chi connectivity index (χ2v) is 10.9. The molecule has 1 N–H and O–H groups in total. The van der Waals surface area contributed by atoms with E-state index in [2.05, 4.69) is 25.0 Å². The molecule has 3 heteroatoms. The van der Waals surface area contributed by atoms with E-state index in [1.165, 1.54) is 6.04 Å². The first kappa shape index (κ1) is 13.0. The quantitative estimate of drug-likeness (QED) is 0.616. The maximum atomic E-state index is 11.7. The van der Waals surface area contributed by atoms with Crippen LogP contribution in [0.5, 0.6) is 0 Å². The summed E-state index contributed by atoms with van der Waals surface area (Å²) in [4.78, 5) is 11.7. The van der Waals surface area contributed by atoms with Crippen molar-refractivity contribution in [1.29, 1.82) is 0 Å². The first-order valence-electron chi connectivity index (χ1n) is 5.82. The number of carbonyl (C=O) groups is 1. The average Bonchev–Trinajstić information content (AvgIpc) is 2.24. The van der Waals surface area contributed by atoms with E-state index in [4.69, 9.17) is 0 Å². The van der Waals surface area contributed by atoms with Crippen molar-refractivity contribution in [2.45, 2.75) is 32.1 Å². The molecule has 0 radical (unpaired) electrons. The predicted molar refractivity (Wildman–Crippen MR) is 71.5 cm³/mol. The number of nitrogens with one attached hydrogen (secondary N) is 1. The first-order valence-corrected chi connectivity index (χ1v) is 9.53. The number of hydrogen-bond acceptors (Lipinski definition) is 1. The number of hydrogen-bond donors (Lipinski definition) is 1. The van der Waals surface area contributed by atoms with Crippen LogP contribution in [-0.4, -0.2) is 20.5 Å². The van der Waals surface area contributed by atoms with Crippen molar-refractivity contribution in [1.82, 2.24) is 5.32 Å². The number of rotatable bonds is 5. The Labute approximate surface area is 99.1 Å². The van der Waals surface area contributed by atoms with E-state index in [1.54, 1.807) is 0 Å². The molecule has 0 bridgehead atoms. The molecule has 0 atom stereocenters. The van der Waals surface area contributed by atoms with E-state index >= 15 is 0 Å². The van der Waals surface area contributed by atoms with Gasteiger partial charge >= 0.3 is 0 Å². The molecule has 0 aliphatic rings. The Morgan fingerprint density at radius 3 is 2.38 bits per heavy atom. The molecule has 0 heterocycles. The lowest BCUT2D eigenvalue weighted by Gasteiger charge is -2.15. The SMILES string of the molecule is C[Si](C)(C)CCCNC(=O)c1ccccc1. The van der Waals surface area contributed by atoms with Crippen LogP contribution in [0.3, 0.4) is 0 Å². The van der Waals surface area contributed by atoms with Crippen LogP contribution in [0.1, 0.15) is 16.8 Å². The molecule has 0 aromatic heterocycles. The van der Waals surface area contributed by atoms with Gasteiger partial charge in [-0.1, -0.05) is 43.9 Å². The minimum atomic E-state index is -0.960. The third-order valence-electron chi connectivity index (χ3n) is 2.43. The highest BCUT2D eigenvalue weighted by atomic mass is 28.3. The minimum Gasteiger partial charge on any atom is -0.352 e. The Hall–Kier alpha value is -1.09. The van der Waals surface area contributed by atoms with Crippen LogP contribution < -0.4 is 5.32 Å². The fourth-order valence-electron chi connectivity index (χ4n) is 1.51. The summed E-state index contributed by atoms with van der Waals surface area (Å²) in [7, 11) is -0.960. The summed E-state index contributed by atoms with van der Waals surface area (Å²) >= 11 is 0. The molecule has 0 aliphatic carbocycles. The number of amides is 1. The third-order valence-corrected chi connectivity index (χ3v) is 4.28. The maximum Gasteiger partial charge on any atom is 0.251 e. The van der Waals surface area contributed by atoms with Crippen molar-refractivity contribution in [3.8, 4) is 0 Å². The summed E-state index contributed by atoms with van der Waals surface area (Å²) in [6.07, 6.45) is 1.09. The highest BCUT2D eigenvalue weighted by molar-refractivity contribution is 6.76. The minimum absolute atomic E-state index is 0.0381. The Balaban J connectivity index is 2.27. The Morgan fingerprint density at radius 2 is 1.81 bits per heavy atom. The lowest BCUT2D eigenvalue weighted by molar-refractivity contribution is 0.0953. The fourth-order valence-corrected chi connectivity index (χ4v) is 2.75. The van der Waals surface area contributed by atoms with E-state index in [0.717, 1.165) is 18.5 Å². The Morgan fingerprint density at radius 1 is 1.19 bits per heavy atom. The molecule has 0 aliphatic heterocycles. The lowest BCUT2D eigenvalue weighted by Crippen LogP contribution is -2.27. The predicted octanol–water partition coefficient (Wildman–Crippen LogP) is 3.14. The second kappa shape index (κ2) is 5.85. The van der Waals surface area contributed by atoms with Gasteiger partial charge in [-0.15, -0.1) is 0 Å². The molecule has 1 aromatic carbocycles. The molecular formula is C13H21NOSi. The van der Waals surface area contributed by atoms with Gasteiger partial charge in [-0.2, -0.15) is 0 Å². The molecule has 1 rings (SSSR count). The maximum absolute atomic E-state index is 11.7. The number of benzene rings is 1. The first-order chi connectivity index (χ1) is 7.49. The monoisotopic (exact) mass is 235 g/mol. The number of carbonyl (C=O) groups excluding carboxylic acids is 1. The highest BCUT2D eigenvalue weighted by Gasteiger charge is 2.12. The molecule has 16 heavy (non-hydrogen) atoms. The Bertz CT molecular complexity index is 330. The molecule has 88 valence electrons. The van der Waals surface area contributed by atoms with E-state index in [-0.39, 0.29) is 5.91 Å². The van der Waals surface area contributed by atoms with E-state index in [1.807, 2.05) is 30.3 Å². The van der Waals surface area contributed by atoms with Crippen LogP contribution >= 0.6 is 0 Å². The standard InChI is InChI=1S/C13H21NOSi/c1-16(2,3)11-7-10-14-13(15)12-8-5-4-6-9-12/h4-6,8-9H,7,10-11H2,1-3H3,(H,14,15). The molecule has 0 saturated heterocycles. The van der Waals surface area contributed by atoms with Gasteiger partial charge in [0.1, 0.15) is 0 Å². The van der Waals surface area contributed by atoms with E-state index in [0.29, 0.717) is 0 Å². The van der Waals surface area contributed by atoms with Gasteiger partial charge in [-0.25, -0.2) is 0 Å². The fraction of sp³-hybridized carbons (Fsp3) is 0.462. The summed E-state index contributed by atoms with van der Waals surface area (Å²) in [5.74, 6) is 0.0381. The summed E-state index contributed by atoms with van der Waals surface area (Å²) in [6, 6.07) is 10.6. The average molecular weight is 235 g/mol. The third kappa shape index (κ3) is 5.12. The van der Waals surface area contributed by atoms with Crippen molar-refractivity contribution in [2.75, 3.05) is 6.54 Å². The summed E-state index contributed by atoms with van der Waals surface area (Å²) in [5.41, 5.74) is 0.746. The van der Waals surface area contributed by atoms with Crippen molar-refractivity contribution in [2.24, 2.45) is 0 Å².